The number of nitrogens with one attached hydrogen (secondary N) is 2. The van der Waals surface area contributed by atoms with E-state index >= 15 is 0 Å². The number of aromatic nitrogens is 4. The van der Waals surface area contributed by atoms with Gasteiger partial charge in [0.1, 0.15) is 11.1 Å². The smallest absolute Gasteiger partial charge is 0.263 e. The Bertz CT molecular complexity index is 1060. The molecule has 8 heteroatoms. The third-order valence-electron chi connectivity index (χ3n) is 5.51. The maximum absolute atomic E-state index is 12.6. The van der Waals surface area contributed by atoms with Gasteiger partial charge in [-0.3, -0.25) is 14.6 Å². The van der Waals surface area contributed by atoms with E-state index in [1.54, 1.807) is 20.2 Å². The van der Waals surface area contributed by atoms with Gasteiger partial charge in [0.05, 0.1) is 25.4 Å². The van der Waals surface area contributed by atoms with E-state index in [4.69, 9.17) is 4.74 Å². The lowest BCUT2D eigenvalue weighted by Gasteiger charge is -2.14. The van der Waals surface area contributed by atoms with Crippen molar-refractivity contribution in [2.24, 2.45) is 0 Å². The first kappa shape index (κ1) is 19.2. The minimum atomic E-state index is -0.499. The van der Waals surface area contributed by atoms with Crippen molar-refractivity contribution in [2.45, 2.75) is 51.1 Å². The Morgan fingerprint density at radius 2 is 2.03 bits per heavy atom. The molecule has 1 unspecified atom stereocenters. The van der Waals surface area contributed by atoms with Gasteiger partial charge in [-0.2, -0.15) is 10.1 Å². The molecule has 1 fully saturated rings. The fourth-order valence-corrected chi connectivity index (χ4v) is 3.80. The summed E-state index contributed by atoms with van der Waals surface area (Å²) in [5.41, 5.74) is 1.22. The van der Waals surface area contributed by atoms with E-state index in [-0.39, 0.29) is 29.8 Å². The monoisotopic (exact) mass is 395 g/mol. The molecule has 0 radical (unpaired) electrons. The second-order valence-corrected chi connectivity index (χ2v) is 7.54. The number of carbonyl (C=O) groups is 1. The molecule has 2 aromatic heterocycles. The second-order valence-electron chi connectivity index (χ2n) is 7.54. The van der Waals surface area contributed by atoms with Crippen LogP contribution >= 0.6 is 0 Å². The van der Waals surface area contributed by atoms with Crippen LogP contribution in [0.2, 0.25) is 0 Å². The molecular weight excluding hydrogens is 370 g/mol. The minimum absolute atomic E-state index is 0.00205. The Hall–Kier alpha value is -3.16. The van der Waals surface area contributed by atoms with Crippen molar-refractivity contribution in [1.29, 1.82) is 0 Å². The number of ether oxygens (including phenoxy) is 1. The molecule has 0 spiro atoms. The van der Waals surface area contributed by atoms with E-state index in [0.717, 1.165) is 37.0 Å². The molecule has 1 atom stereocenters. The summed E-state index contributed by atoms with van der Waals surface area (Å²) in [6, 6.07) is 7.19. The SMILES string of the molecule is COc1ccc(CC(=O)C(C)Nc2nc3c(cnn3C3CCCC3)c(=O)[nH]2)cc1. The molecule has 29 heavy (non-hydrogen) atoms. The van der Waals surface area contributed by atoms with Crippen molar-refractivity contribution in [2.75, 3.05) is 12.4 Å². The van der Waals surface area contributed by atoms with Gasteiger partial charge >= 0.3 is 0 Å². The zero-order valence-corrected chi connectivity index (χ0v) is 16.6. The Morgan fingerprint density at radius 1 is 1.31 bits per heavy atom. The summed E-state index contributed by atoms with van der Waals surface area (Å²) in [4.78, 5) is 32.3. The van der Waals surface area contributed by atoms with E-state index in [9.17, 15) is 9.59 Å². The molecule has 1 aliphatic carbocycles. The maximum Gasteiger partial charge on any atom is 0.263 e. The van der Waals surface area contributed by atoms with Crippen molar-refractivity contribution in [1.82, 2.24) is 19.7 Å². The van der Waals surface area contributed by atoms with Crippen LogP contribution in [0.4, 0.5) is 5.95 Å². The minimum Gasteiger partial charge on any atom is -0.497 e. The van der Waals surface area contributed by atoms with E-state index in [0.29, 0.717) is 11.0 Å². The van der Waals surface area contributed by atoms with Crippen LogP contribution in [0.25, 0.3) is 11.0 Å². The number of methoxy groups -OCH3 is 1. The Balaban J connectivity index is 1.50. The number of anilines is 1. The van der Waals surface area contributed by atoms with Gasteiger partial charge in [-0.15, -0.1) is 0 Å². The molecular formula is C21H25N5O3. The van der Waals surface area contributed by atoms with E-state index in [1.807, 2.05) is 28.9 Å². The normalized spacial score (nSPS) is 15.5. The van der Waals surface area contributed by atoms with Gasteiger partial charge in [0, 0.05) is 6.42 Å². The van der Waals surface area contributed by atoms with Crippen LogP contribution < -0.4 is 15.6 Å². The van der Waals surface area contributed by atoms with Crippen molar-refractivity contribution in [3.8, 4) is 5.75 Å². The third kappa shape index (κ3) is 4.01. The predicted octanol–water partition coefficient (Wildman–Crippen LogP) is 2.86. The molecule has 0 saturated heterocycles. The zero-order chi connectivity index (χ0) is 20.4. The lowest BCUT2D eigenvalue weighted by atomic mass is 10.0. The predicted molar refractivity (Wildman–Crippen MR) is 110 cm³/mol. The number of Topliss-reactive ketones (excluding diaryl/α,β-unsaturated/α-hetero) is 1. The summed E-state index contributed by atoms with van der Waals surface area (Å²) in [6.45, 7) is 1.77. The van der Waals surface area contributed by atoms with Crippen molar-refractivity contribution >= 4 is 22.8 Å². The Labute approximate surface area is 168 Å². The number of aromatic amines is 1. The fraction of sp³-hybridized carbons (Fsp3) is 0.429. The van der Waals surface area contributed by atoms with Gasteiger partial charge in [0.25, 0.3) is 5.56 Å². The standard InChI is InChI=1S/C21H25N5O3/c1-13(18(27)11-14-7-9-16(29-2)10-8-14)23-21-24-19-17(20(28)25-21)12-22-26(19)15-5-3-4-6-15/h7-10,12-13,15H,3-6,11H2,1-2H3,(H2,23,24,25,28). The largest absolute Gasteiger partial charge is 0.497 e. The summed E-state index contributed by atoms with van der Waals surface area (Å²) >= 11 is 0. The van der Waals surface area contributed by atoms with Crippen LogP contribution in [-0.4, -0.2) is 38.7 Å². The second kappa shape index (κ2) is 8.06. The zero-order valence-electron chi connectivity index (χ0n) is 16.6. The maximum atomic E-state index is 12.6. The van der Waals surface area contributed by atoms with E-state index in [1.165, 1.54) is 0 Å². The topological polar surface area (TPSA) is 102 Å². The van der Waals surface area contributed by atoms with Crippen molar-refractivity contribution < 1.29 is 9.53 Å². The van der Waals surface area contributed by atoms with Crippen LogP contribution in [0, 0.1) is 0 Å². The van der Waals surface area contributed by atoms with E-state index in [2.05, 4.69) is 20.4 Å². The Morgan fingerprint density at radius 3 is 2.72 bits per heavy atom. The van der Waals surface area contributed by atoms with Gasteiger partial charge in [-0.1, -0.05) is 25.0 Å². The quantitative estimate of drug-likeness (QED) is 0.638. The molecule has 2 heterocycles. The number of fused-ring (bicyclic) bond motifs is 1. The molecule has 0 aliphatic heterocycles. The highest BCUT2D eigenvalue weighted by Gasteiger charge is 2.22. The summed E-state index contributed by atoms with van der Waals surface area (Å²) < 4.78 is 6.99. The molecule has 152 valence electrons. The van der Waals surface area contributed by atoms with E-state index < -0.39 is 6.04 Å². The number of hydrogen-bond donors (Lipinski definition) is 2. The number of nitrogens with zero attached hydrogens (tertiary/aromatic N) is 3. The number of H-pyrrole nitrogens is 1. The molecule has 4 rings (SSSR count). The van der Waals surface area contributed by atoms with Gasteiger partial charge in [-0.05, 0) is 37.5 Å². The summed E-state index contributed by atoms with van der Waals surface area (Å²) in [5.74, 6) is 1.04. The highest BCUT2D eigenvalue weighted by atomic mass is 16.5. The number of ketones is 1. The molecule has 0 bridgehead atoms. The van der Waals surface area contributed by atoms with Crippen LogP contribution in [-0.2, 0) is 11.2 Å². The van der Waals surface area contributed by atoms with Crippen LogP contribution in [0.5, 0.6) is 5.75 Å². The molecule has 0 amide bonds. The highest BCUT2D eigenvalue weighted by Crippen LogP contribution is 2.30. The average Bonchev–Trinajstić information content (AvgIpc) is 3.38. The van der Waals surface area contributed by atoms with Crippen molar-refractivity contribution in [3.63, 3.8) is 0 Å². The summed E-state index contributed by atoms with van der Waals surface area (Å²) in [7, 11) is 1.61. The van der Waals surface area contributed by atoms with Crippen LogP contribution in [0.3, 0.4) is 0 Å². The third-order valence-corrected chi connectivity index (χ3v) is 5.51. The first-order valence-corrected chi connectivity index (χ1v) is 9.95. The molecule has 1 aromatic carbocycles. The molecule has 1 aliphatic rings. The number of benzene rings is 1. The Kier molecular flexibility index (Phi) is 5.33. The van der Waals surface area contributed by atoms with Crippen LogP contribution in [0.1, 0.15) is 44.2 Å². The summed E-state index contributed by atoms with van der Waals surface area (Å²) in [6.07, 6.45) is 6.27. The van der Waals surface area contributed by atoms with Crippen molar-refractivity contribution in [3.05, 3.63) is 46.4 Å². The van der Waals surface area contributed by atoms with Gasteiger partial charge in [-0.25, -0.2) is 4.68 Å². The van der Waals surface area contributed by atoms with Gasteiger partial charge in [0.2, 0.25) is 5.95 Å². The lowest BCUT2D eigenvalue weighted by Crippen LogP contribution is -2.29. The van der Waals surface area contributed by atoms with Gasteiger partial charge < -0.3 is 10.1 Å². The average molecular weight is 395 g/mol. The molecule has 2 N–H and O–H groups in total. The lowest BCUT2D eigenvalue weighted by molar-refractivity contribution is -0.118. The molecule has 1 saturated carbocycles. The highest BCUT2D eigenvalue weighted by molar-refractivity contribution is 5.88. The summed E-state index contributed by atoms with van der Waals surface area (Å²) in [5, 5.41) is 7.91. The first-order valence-electron chi connectivity index (χ1n) is 9.95. The molecule has 3 aromatic rings. The molecule has 8 nitrogen and oxygen atoms in total. The fourth-order valence-electron chi connectivity index (χ4n) is 3.80. The van der Waals surface area contributed by atoms with Crippen LogP contribution in [0.15, 0.2) is 35.3 Å². The first-order chi connectivity index (χ1) is 14.0. The number of hydrogen-bond acceptors (Lipinski definition) is 6. The van der Waals surface area contributed by atoms with Gasteiger partial charge in [0.15, 0.2) is 11.4 Å². The number of rotatable bonds is 7. The number of carbonyl (C=O) groups excluding carboxylic acids is 1.